The van der Waals surface area contributed by atoms with Gasteiger partial charge in [0, 0.05) is 12.0 Å². The summed E-state index contributed by atoms with van der Waals surface area (Å²) in [6, 6.07) is 3.31. The van der Waals surface area contributed by atoms with Gasteiger partial charge in [0.2, 0.25) is 0 Å². The average Bonchev–Trinajstić information content (AvgIpc) is 2.52. The van der Waals surface area contributed by atoms with Crippen molar-refractivity contribution in [3.63, 3.8) is 0 Å². The van der Waals surface area contributed by atoms with Gasteiger partial charge in [0.25, 0.3) is 5.91 Å². The third-order valence-corrected chi connectivity index (χ3v) is 5.30. The summed E-state index contributed by atoms with van der Waals surface area (Å²) in [5, 5.41) is 14.3. The summed E-state index contributed by atoms with van der Waals surface area (Å²) in [6.07, 6.45) is 4.54. The van der Waals surface area contributed by atoms with Crippen LogP contribution < -0.4 is 10.1 Å². The van der Waals surface area contributed by atoms with Crippen molar-refractivity contribution in [3.8, 4) is 5.75 Å². The monoisotopic (exact) mass is 343 g/mol. The molecule has 1 saturated carbocycles. The van der Waals surface area contributed by atoms with Crippen LogP contribution in [0.2, 0.25) is 10.0 Å². The number of hydrogen-bond donors (Lipinski definition) is 2. The number of benzene rings is 1. The fourth-order valence-electron chi connectivity index (χ4n) is 3.21. The normalized spacial score (nSPS) is 23.3. The highest BCUT2D eigenvalue weighted by atomic mass is 35.5. The number of nitrogens with one attached hydrogen (secondary N) is 1. The van der Waals surface area contributed by atoms with Crippen molar-refractivity contribution in [2.75, 3.05) is 6.61 Å². The maximum atomic E-state index is 12.5. The minimum atomic E-state index is -1.24. The van der Waals surface area contributed by atoms with Gasteiger partial charge in [-0.2, -0.15) is 0 Å². The van der Waals surface area contributed by atoms with Crippen molar-refractivity contribution in [2.45, 2.75) is 50.2 Å². The molecule has 1 aromatic rings. The summed E-state index contributed by atoms with van der Waals surface area (Å²) in [5.41, 5.74) is -0.430. The van der Waals surface area contributed by atoms with Crippen molar-refractivity contribution in [3.05, 3.63) is 27.7 Å². The highest BCUT2D eigenvalue weighted by Crippen LogP contribution is 2.41. The molecule has 22 heavy (non-hydrogen) atoms. The zero-order valence-corrected chi connectivity index (χ0v) is 13.7. The molecular weight excluding hydrogens is 325 g/mol. The van der Waals surface area contributed by atoms with E-state index in [2.05, 4.69) is 5.32 Å². The molecule has 3 rings (SSSR count). The van der Waals surface area contributed by atoms with E-state index in [-0.39, 0.29) is 11.9 Å². The van der Waals surface area contributed by atoms with Gasteiger partial charge in [-0.15, -0.1) is 0 Å². The molecule has 1 aliphatic heterocycles. The van der Waals surface area contributed by atoms with E-state index in [9.17, 15) is 9.90 Å². The fourth-order valence-corrected chi connectivity index (χ4v) is 3.58. The molecule has 1 atom stereocenters. The average molecular weight is 344 g/mol. The summed E-state index contributed by atoms with van der Waals surface area (Å²) >= 11 is 12.2. The third kappa shape index (κ3) is 2.92. The van der Waals surface area contributed by atoms with E-state index >= 15 is 0 Å². The number of rotatable bonds is 2. The van der Waals surface area contributed by atoms with Crippen LogP contribution in [0.3, 0.4) is 0 Å². The van der Waals surface area contributed by atoms with E-state index in [0.29, 0.717) is 41.7 Å². The first-order valence-corrected chi connectivity index (χ1v) is 8.41. The summed E-state index contributed by atoms with van der Waals surface area (Å²) in [5.74, 6) is 0.234. The lowest BCUT2D eigenvalue weighted by molar-refractivity contribution is -0.144. The number of fused-ring (bicyclic) bond motifs is 1. The summed E-state index contributed by atoms with van der Waals surface area (Å²) in [7, 11) is 0. The first kappa shape index (κ1) is 15.9. The highest BCUT2D eigenvalue weighted by Gasteiger charge is 2.39. The van der Waals surface area contributed by atoms with Crippen LogP contribution in [-0.2, 0) is 4.79 Å². The Balaban J connectivity index is 1.80. The van der Waals surface area contributed by atoms with Gasteiger partial charge in [0.05, 0.1) is 17.7 Å². The molecule has 1 unspecified atom stereocenters. The van der Waals surface area contributed by atoms with Gasteiger partial charge in [-0.3, -0.25) is 4.79 Å². The lowest BCUT2D eigenvalue weighted by Gasteiger charge is -2.34. The van der Waals surface area contributed by atoms with Crippen molar-refractivity contribution < 1.29 is 14.6 Å². The Morgan fingerprint density at radius 3 is 2.73 bits per heavy atom. The molecule has 120 valence electrons. The fraction of sp³-hybridized carbons (Fsp3) is 0.562. The second-order valence-electron chi connectivity index (χ2n) is 6.04. The molecule has 1 aromatic carbocycles. The SMILES string of the molecule is O=C(NC1CCOc2c1ccc(Cl)c2Cl)C1(O)CCCCC1. The lowest BCUT2D eigenvalue weighted by Crippen LogP contribution is -2.49. The number of carbonyl (C=O) groups excluding carboxylic acids is 1. The van der Waals surface area contributed by atoms with E-state index in [4.69, 9.17) is 27.9 Å². The Morgan fingerprint density at radius 2 is 2.00 bits per heavy atom. The van der Waals surface area contributed by atoms with Gasteiger partial charge in [0.15, 0.2) is 0 Å². The van der Waals surface area contributed by atoms with E-state index in [1.165, 1.54) is 0 Å². The third-order valence-electron chi connectivity index (χ3n) is 4.52. The first-order valence-electron chi connectivity index (χ1n) is 7.65. The number of carbonyl (C=O) groups is 1. The van der Waals surface area contributed by atoms with Crippen molar-refractivity contribution in [2.24, 2.45) is 0 Å². The van der Waals surface area contributed by atoms with E-state index in [1.54, 1.807) is 6.07 Å². The molecule has 0 spiro atoms. The van der Waals surface area contributed by atoms with Crippen LogP contribution >= 0.6 is 23.2 Å². The largest absolute Gasteiger partial charge is 0.492 e. The maximum Gasteiger partial charge on any atom is 0.252 e. The molecule has 0 saturated heterocycles. The molecule has 4 nitrogen and oxygen atoms in total. The van der Waals surface area contributed by atoms with Gasteiger partial charge in [-0.05, 0) is 18.9 Å². The Kier molecular flexibility index (Phi) is 4.53. The second kappa shape index (κ2) is 6.26. The number of halogens is 2. The van der Waals surface area contributed by atoms with Crippen molar-refractivity contribution in [1.82, 2.24) is 5.32 Å². The topological polar surface area (TPSA) is 58.6 Å². The van der Waals surface area contributed by atoms with Crippen LogP contribution in [0.4, 0.5) is 0 Å². The Hall–Kier alpha value is -0.970. The Morgan fingerprint density at radius 1 is 1.27 bits per heavy atom. The Bertz CT molecular complexity index is 585. The van der Waals surface area contributed by atoms with Crippen LogP contribution in [0.25, 0.3) is 0 Å². The van der Waals surface area contributed by atoms with Gasteiger partial charge in [-0.25, -0.2) is 0 Å². The minimum Gasteiger partial charge on any atom is -0.492 e. The standard InChI is InChI=1S/C16H19Cl2NO3/c17-11-5-4-10-12(6-9-22-14(10)13(11)18)19-15(20)16(21)7-2-1-3-8-16/h4-5,12,21H,1-3,6-9H2,(H,19,20). The van der Waals surface area contributed by atoms with Gasteiger partial charge >= 0.3 is 0 Å². The molecule has 1 aliphatic carbocycles. The molecule has 0 aromatic heterocycles. The number of ether oxygens (including phenoxy) is 1. The zero-order valence-electron chi connectivity index (χ0n) is 12.2. The first-order chi connectivity index (χ1) is 10.5. The quantitative estimate of drug-likeness (QED) is 0.861. The molecule has 0 radical (unpaired) electrons. The van der Waals surface area contributed by atoms with Crippen molar-refractivity contribution >= 4 is 29.1 Å². The van der Waals surface area contributed by atoms with Crippen molar-refractivity contribution in [1.29, 1.82) is 0 Å². The zero-order chi connectivity index (χ0) is 15.7. The number of amides is 1. The molecule has 1 heterocycles. The summed E-state index contributed by atoms with van der Waals surface area (Å²) in [4.78, 5) is 12.5. The smallest absolute Gasteiger partial charge is 0.252 e. The van der Waals surface area contributed by atoms with E-state index in [1.807, 2.05) is 6.07 Å². The molecule has 1 fully saturated rings. The summed E-state index contributed by atoms with van der Waals surface area (Å²) in [6.45, 7) is 0.455. The predicted octanol–water partition coefficient (Wildman–Crippen LogP) is 3.63. The Labute approximate surface area is 139 Å². The molecule has 0 bridgehead atoms. The van der Waals surface area contributed by atoms with Gasteiger partial charge in [0.1, 0.15) is 16.4 Å². The lowest BCUT2D eigenvalue weighted by atomic mass is 9.83. The predicted molar refractivity (Wildman–Crippen MR) is 85.5 cm³/mol. The van der Waals surface area contributed by atoms with Crippen LogP contribution in [0.5, 0.6) is 5.75 Å². The van der Waals surface area contributed by atoms with Crippen LogP contribution in [-0.4, -0.2) is 23.2 Å². The molecular formula is C16H19Cl2NO3. The molecule has 1 amide bonds. The van der Waals surface area contributed by atoms with Crippen LogP contribution in [0.15, 0.2) is 12.1 Å². The van der Waals surface area contributed by atoms with Gasteiger partial charge in [-0.1, -0.05) is 48.5 Å². The number of aliphatic hydroxyl groups is 1. The van der Waals surface area contributed by atoms with Gasteiger partial charge < -0.3 is 15.2 Å². The number of hydrogen-bond acceptors (Lipinski definition) is 3. The summed E-state index contributed by atoms with van der Waals surface area (Å²) < 4.78 is 5.59. The second-order valence-corrected chi connectivity index (χ2v) is 6.82. The van der Waals surface area contributed by atoms with Crippen LogP contribution in [0.1, 0.15) is 50.1 Å². The molecule has 2 N–H and O–H groups in total. The molecule has 6 heteroatoms. The van der Waals surface area contributed by atoms with E-state index in [0.717, 1.165) is 24.8 Å². The minimum absolute atomic E-state index is 0.211. The van der Waals surface area contributed by atoms with E-state index < -0.39 is 5.60 Å². The maximum absolute atomic E-state index is 12.5. The highest BCUT2D eigenvalue weighted by molar-refractivity contribution is 6.43. The molecule has 2 aliphatic rings. The van der Waals surface area contributed by atoms with Crippen LogP contribution in [0, 0.1) is 0 Å².